The van der Waals surface area contributed by atoms with Gasteiger partial charge in [-0.05, 0) is 17.6 Å². The second-order valence-electron chi connectivity index (χ2n) is 3.01. The molecule has 6 heteroatoms. The summed E-state index contributed by atoms with van der Waals surface area (Å²) in [4.78, 5) is 10.9. The maximum absolute atomic E-state index is 10.9. The van der Waals surface area contributed by atoms with E-state index in [0.29, 0.717) is 16.9 Å². The first-order valence-electron chi connectivity index (χ1n) is 4.36. The van der Waals surface area contributed by atoms with E-state index in [1.807, 2.05) is 0 Å². The van der Waals surface area contributed by atoms with E-state index in [4.69, 9.17) is 14.8 Å². The lowest BCUT2D eigenvalue weighted by Gasteiger charge is -2.10. The Morgan fingerprint density at radius 2 is 2.13 bits per heavy atom. The minimum absolute atomic E-state index is 0.252. The van der Waals surface area contributed by atoms with Crippen LogP contribution in [0.3, 0.4) is 0 Å². The molecule has 0 heterocycles. The fourth-order valence-corrected chi connectivity index (χ4v) is 1.17. The van der Waals surface area contributed by atoms with Crippen molar-refractivity contribution in [2.45, 2.75) is 6.92 Å². The first-order chi connectivity index (χ1) is 7.04. The number of nitrogens with one attached hydrogen (secondary N) is 1. The highest BCUT2D eigenvalue weighted by Crippen LogP contribution is 2.22. The Labute approximate surface area is 87.8 Å². The van der Waals surface area contributed by atoms with Gasteiger partial charge in [0, 0.05) is 6.92 Å². The molecule has 0 aromatic heterocycles. The van der Waals surface area contributed by atoms with E-state index in [2.05, 4.69) is 5.32 Å². The molecule has 5 nitrogen and oxygen atoms in total. The number of ether oxygens (including phenoxy) is 1. The number of hydrogen-bond donors (Lipinski definition) is 3. The van der Waals surface area contributed by atoms with Crippen molar-refractivity contribution in [2.24, 2.45) is 0 Å². The molecule has 0 aliphatic rings. The number of hydrogen-bond acceptors (Lipinski definition) is 4. The summed E-state index contributed by atoms with van der Waals surface area (Å²) in [6, 6.07) is 4.51. The smallest absolute Gasteiger partial charge is 0.488 e. The predicted molar refractivity (Wildman–Crippen MR) is 57.1 cm³/mol. The number of carbonyl (C=O) groups excluding carboxylic acids is 1. The average Bonchev–Trinajstić information content (AvgIpc) is 2.16. The number of methoxy groups -OCH3 is 1. The molecule has 0 radical (unpaired) electrons. The lowest BCUT2D eigenvalue weighted by molar-refractivity contribution is -0.114. The third-order valence-electron chi connectivity index (χ3n) is 1.83. The molecule has 0 aliphatic heterocycles. The first kappa shape index (κ1) is 11.5. The molecule has 0 atom stereocenters. The maximum atomic E-state index is 10.9. The molecule has 3 N–H and O–H groups in total. The van der Waals surface area contributed by atoms with Gasteiger partial charge in [-0.2, -0.15) is 0 Å². The van der Waals surface area contributed by atoms with Crippen molar-refractivity contribution in [1.82, 2.24) is 0 Å². The van der Waals surface area contributed by atoms with Crippen LogP contribution in [0.2, 0.25) is 0 Å². The standard InChI is InChI=1S/C9H12BNO4/c1-6(12)11-8-5-7(10(13)14)3-4-9(8)15-2/h3-5,13-14H,1-2H3,(H,11,12). The molecule has 1 aromatic rings. The Morgan fingerprint density at radius 3 is 2.60 bits per heavy atom. The Hall–Kier alpha value is -1.53. The highest BCUT2D eigenvalue weighted by atomic mass is 16.5. The Morgan fingerprint density at radius 1 is 1.47 bits per heavy atom. The summed E-state index contributed by atoms with van der Waals surface area (Å²) in [5, 5.41) is 20.4. The zero-order valence-electron chi connectivity index (χ0n) is 8.52. The van der Waals surface area contributed by atoms with E-state index in [9.17, 15) is 4.79 Å². The molecule has 0 saturated carbocycles. The van der Waals surface area contributed by atoms with E-state index >= 15 is 0 Å². The summed E-state index contributed by atoms with van der Waals surface area (Å²) >= 11 is 0. The summed E-state index contributed by atoms with van der Waals surface area (Å²) in [5.74, 6) is 0.215. The first-order valence-corrected chi connectivity index (χ1v) is 4.36. The fraction of sp³-hybridized carbons (Fsp3) is 0.222. The third-order valence-corrected chi connectivity index (χ3v) is 1.83. The molecular formula is C9H12BNO4. The molecule has 0 spiro atoms. The van der Waals surface area contributed by atoms with E-state index < -0.39 is 7.12 Å². The molecule has 0 fully saturated rings. The minimum Gasteiger partial charge on any atom is -0.495 e. The molecule has 0 bridgehead atoms. The van der Waals surface area contributed by atoms with Crippen LogP contribution in [0, 0.1) is 0 Å². The van der Waals surface area contributed by atoms with Crippen LogP contribution >= 0.6 is 0 Å². The second kappa shape index (κ2) is 4.81. The number of amides is 1. The predicted octanol–water partition coefficient (Wildman–Crippen LogP) is -0.667. The van der Waals surface area contributed by atoms with Crippen LogP contribution in [0.25, 0.3) is 0 Å². The van der Waals surface area contributed by atoms with Gasteiger partial charge >= 0.3 is 7.12 Å². The van der Waals surface area contributed by atoms with Crippen LogP contribution in [0.15, 0.2) is 18.2 Å². The summed E-state index contributed by atoms with van der Waals surface area (Å²) in [7, 11) is -0.0983. The van der Waals surface area contributed by atoms with Crippen LogP contribution in [0.1, 0.15) is 6.92 Å². The Kier molecular flexibility index (Phi) is 3.71. The Bertz CT molecular complexity index is 367. The molecule has 1 rings (SSSR count). The molecular weight excluding hydrogens is 197 g/mol. The van der Waals surface area contributed by atoms with Crippen LogP contribution < -0.4 is 15.5 Å². The van der Waals surface area contributed by atoms with Crippen LogP contribution in [0.5, 0.6) is 5.75 Å². The highest BCUT2D eigenvalue weighted by Gasteiger charge is 2.14. The SMILES string of the molecule is COc1ccc(B(O)O)cc1NC(C)=O. The van der Waals surface area contributed by atoms with Gasteiger partial charge < -0.3 is 20.1 Å². The van der Waals surface area contributed by atoms with E-state index in [-0.39, 0.29) is 5.91 Å². The van der Waals surface area contributed by atoms with E-state index in [0.717, 1.165) is 0 Å². The van der Waals surface area contributed by atoms with Gasteiger partial charge in [0.1, 0.15) is 5.75 Å². The summed E-state index contributed by atoms with van der Waals surface area (Å²) < 4.78 is 5.00. The normalized spacial score (nSPS) is 9.60. The molecule has 1 aromatic carbocycles. The quantitative estimate of drug-likeness (QED) is 0.577. The number of carbonyl (C=O) groups is 1. The zero-order chi connectivity index (χ0) is 11.4. The third kappa shape index (κ3) is 2.97. The topological polar surface area (TPSA) is 78.8 Å². The van der Waals surface area contributed by atoms with Gasteiger partial charge in [0.15, 0.2) is 0 Å². The van der Waals surface area contributed by atoms with Gasteiger partial charge in [0.25, 0.3) is 0 Å². The van der Waals surface area contributed by atoms with Gasteiger partial charge in [-0.25, -0.2) is 0 Å². The maximum Gasteiger partial charge on any atom is 0.488 e. The van der Waals surface area contributed by atoms with Crippen molar-refractivity contribution >= 4 is 24.2 Å². The lowest BCUT2D eigenvalue weighted by Crippen LogP contribution is -2.30. The minimum atomic E-state index is -1.57. The summed E-state index contributed by atoms with van der Waals surface area (Å²) in [5.41, 5.74) is 0.704. The monoisotopic (exact) mass is 209 g/mol. The molecule has 80 valence electrons. The fourth-order valence-electron chi connectivity index (χ4n) is 1.17. The number of benzene rings is 1. The van der Waals surface area contributed by atoms with Gasteiger partial charge in [-0.15, -0.1) is 0 Å². The van der Waals surface area contributed by atoms with Crippen molar-refractivity contribution in [2.75, 3.05) is 12.4 Å². The van der Waals surface area contributed by atoms with Crippen molar-refractivity contribution in [3.8, 4) is 5.75 Å². The Balaban J connectivity index is 3.07. The molecule has 0 unspecified atom stereocenters. The largest absolute Gasteiger partial charge is 0.495 e. The van der Waals surface area contributed by atoms with Crippen molar-refractivity contribution in [3.05, 3.63) is 18.2 Å². The zero-order valence-corrected chi connectivity index (χ0v) is 8.52. The van der Waals surface area contributed by atoms with E-state index in [1.165, 1.54) is 26.2 Å². The van der Waals surface area contributed by atoms with Crippen molar-refractivity contribution in [3.63, 3.8) is 0 Å². The van der Waals surface area contributed by atoms with Gasteiger partial charge in [-0.1, -0.05) is 6.07 Å². The van der Waals surface area contributed by atoms with Crippen LogP contribution in [-0.4, -0.2) is 30.2 Å². The second-order valence-corrected chi connectivity index (χ2v) is 3.01. The average molecular weight is 209 g/mol. The molecule has 0 saturated heterocycles. The number of rotatable bonds is 3. The van der Waals surface area contributed by atoms with E-state index in [1.54, 1.807) is 6.07 Å². The van der Waals surface area contributed by atoms with Crippen LogP contribution in [0.4, 0.5) is 5.69 Å². The van der Waals surface area contributed by atoms with Gasteiger partial charge in [0.05, 0.1) is 12.8 Å². The molecule has 0 aliphatic carbocycles. The van der Waals surface area contributed by atoms with Crippen LogP contribution in [-0.2, 0) is 4.79 Å². The van der Waals surface area contributed by atoms with Crippen molar-refractivity contribution < 1.29 is 19.6 Å². The summed E-state index contributed by atoms with van der Waals surface area (Å²) in [6.07, 6.45) is 0. The molecule has 15 heavy (non-hydrogen) atoms. The number of anilines is 1. The molecule has 1 amide bonds. The van der Waals surface area contributed by atoms with Gasteiger partial charge in [-0.3, -0.25) is 4.79 Å². The highest BCUT2D eigenvalue weighted by molar-refractivity contribution is 6.58. The van der Waals surface area contributed by atoms with Gasteiger partial charge in [0.2, 0.25) is 5.91 Å². The lowest BCUT2D eigenvalue weighted by atomic mass is 9.80. The van der Waals surface area contributed by atoms with Crippen molar-refractivity contribution in [1.29, 1.82) is 0 Å². The summed E-state index contributed by atoms with van der Waals surface area (Å²) in [6.45, 7) is 1.36.